The lowest BCUT2D eigenvalue weighted by Crippen LogP contribution is -2.03. The van der Waals surface area contributed by atoms with Crippen LogP contribution in [0.4, 0.5) is 5.82 Å². The van der Waals surface area contributed by atoms with Crippen molar-refractivity contribution in [3.8, 4) is 0 Å². The summed E-state index contributed by atoms with van der Waals surface area (Å²) in [5, 5.41) is 3.06. The third kappa shape index (κ3) is 3.08. The number of hydrogen-bond acceptors (Lipinski definition) is 2. The summed E-state index contributed by atoms with van der Waals surface area (Å²) in [6, 6.07) is 3.83. The molecule has 60 valence electrons. The first kappa shape index (κ1) is 8.81. The second-order valence-corrected chi connectivity index (χ2v) is 3.27. The molecule has 0 amide bonds. The van der Waals surface area contributed by atoms with Gasteiger partial charge in [0, 0.05) is 23.1 Å². The van der Waals surface area contributed by atoms with E-state index in [4.69, 9.17) is 11.6 Å². The van der Waals surface area contributed by atoms with Gasteiger partial charge in [-0.05, 0) is 28.1 Å². The zero-order chi connectivity index (χ0) is 8.10. The molecule has 0 saturated heterocycles. The minimum atomic E-state index is 0.595. The van der Waals surface area contributed by atoms with Gasteiger partial charge in [0.1, 0.15) is 5.82 Å². The average Bonchev–Trinajstić information content (AvgIpc) is 2.04. The SMILES string of the molecule is ClCCNc1ccc(Br)cn1. The Morgan fingerprint density at radius 3 is 2.91 bits per heavy atom. The lowest BCUT2D eigenvalue weighted by atomic mass is 10.4. The maximum absolute atomic E-state index is 5.48. The van der Waals surface area contributed by atoms with Crippen molar-refractivity contribution in [2.24, 2.45) is 0 Å². The first-order valence-corrected chi connectivity index (χ1v) is 4.57. The molecule has 0 aliphatic rings. The van der Waals surface area contributed by atoms with E-state index in [2.05, 4.69) is 26.2 Å². The Hall–Kier alpha value is -0.280. The van der Waals surface area contributed by atoms with Crippen molar-refractivity contribution in [2.75, 3.05) is 17.7 Å². The topological polar surface area (TPSA) is 24.9 Å². The highest BCUT2D eigenvalue weighted by molar-refractivity contribution is 9.10. The molecule has 1 rings (SSSR count). The Balaban J connectivity index is 2.52. The van der Waals surface area contributed by atoms with Gasteiger partial charge < -0.3 is 5.32 Å². The summed E-state index contributed by atoms with van der Waals surface area (Å²) in [5.74, 6) is 1.45. The maximum atomic E-state index is 5.48. The fourth-order valence-corrected chi connectivity index (χ4v) is 0.985. The van der Waals surface area contributed by atoms with Gasteiger partial charge in [0.2, 0.25) is 0 Å². The van der Waals surface area contributed by atoms with Gasteiger partial charge in [0.15, 0.2) is 0 Å². The first-order valence-electron chi connectivity index (χ1n) is 3.24. The molecule has 11 heavy (non-hydrogen) atoms. The molecule has 0 spiro atoms. The van der Waals surface area contributed by atoms with Crippen LogP contribution in [0.1, 0.15) is 0 Å². The van der Waals surface area contributed by atoms with Crippen LogP contribution in [-0.2, 0) is 0 Å². The first-order chi connectivity index (χ1) is 5.33. The van der Waals surface area contributed by atoms with Crippen LogP contribution in [0.5, 0.6) is 0 Å². The molecule has 4 heteroatoms. The Morgan fingerprint density at radius 2 is 2.36 bits per heavy atom. The number of pyridine rings is 1. The van der Waals surface area contributed by atoms with Crippen molar-refractivity contribution in [1.29, 1.82) is 0 Å². The predicted octanol–water partition coefficient (Wildman–Crippen LogP) is 2.49. The van der Waals surface area contributed by atoms with Crippen LogP contribution in [0.15, 0.2) is 22.8 Å². The molecule has 0 radical (unpaired) electrons. The van der Waals surface area contributed by atoms with Gasteiger partial charge in [-0.25, -0.2) is 4.98 Å². The van der Waals surface area contributed by atoms with E-state index in [1.807, 2.05) is 12.1 Å². The van der Waals surface area contributed by atoms with E-state index >= 15 is 0 Å². The standard InChI is InChI=1S/C7H8BrClN2/c8-6-1-2-7(11-5-6)10-4-3-9/h1-2,5H,3-4H2,(H,10,11). The molecule has 0 unspecified atom stereocenters. The lowest BCUT2D eigenvalue weighted by Gasteiger charge is -2.01. The minimum absolute atomic E-state index is 0.595. The predicted molar refractivity (Wildman–Crippen MR) is 51.1 cm³/mol. The summed E-state index contributed by atoms with van der Waals surface area (Å²) in [7, 11) is 0. The fourth-order valence-electron chi connectivity index (χ4n) is 0.656. The number of nitrogens with zero attached hydrogens (tertiary/aromatic N) is 1. The molecule has 0 atom stereocenters. The highest BCUT2D eigenvalue weighted by Gasteiger charge is 1.90. The summed E-state index contributed by atoms with van der Waals surface area (Å²) >= 11 is 8.78. The van der Waals surface area contributed by atoms with E-state index in [1.165, 1.54) is 0 Å². The van der Waals surface area contributed by atoms with Crippen molar-refractivity contribution in [3.05, 3.63) is 22.8 Å². The monoisotopic (exact) mass is 234 g/mol. The Labute approximate surface area is 79.1 Å². The van der Waals surface area contributed by atoms with E-state index in [-0.39, 0.29) is 0 Å². The number of nitrogens with one attached hydrogen (secondary N) is 1. The third-order valence-electron chi connectivity index (χ3n) is 1.13. The minimum Gasteiger partial charge on any atom is -0.369 e. The summed E-state index contributed by atoms with van der Waals surface area (Å²) in [5.41, 5.74) is 0. The zero-order valence-corrected chi connectivity index (χ0v) is 8.19. The Kier molecular flexibility index (Phi) is 3.66. The molecule has 0 bridgehead atoms. The van der Waals surface area contributed by atoms with Gasteiger partial charge in [-0.15, -0.1) is 11.6 Å². The second kappa shape index (κ2) is 4.57. The molecule has 1 aromatic rings. The smallest absolute Gasteiger partial charge is 0.125 e. The molecule has 2 nitrogen and oxygen atoms in total. The van der Waals surface area contributed by atoms with Crippen LogP contribution in [-0.4, -0.2) is 17.4 Å². The zero-order valence-electron chi connectivity index (χ0n) is 5.85. The van der Waals surface area contributed by atoms with Crippen molar-refractivity contribution in [2.45, 2.75) is 0 Å². The number of halogens is 2. The number of alkyl halides is 1. The molecule has 1 heterocycles. The van der Waals surface area contributed by atoms with Crippen molar-refractivity contribution >= 4 is 33.3 Å². The van der Waals surface area contributed by atoms with Gasteiger partial charge in [-0.2, -0.15) is 0 Å². The van der Waals surface area contributed by atoms with Crippen molar-refractivity contribution in [3.63, 3.8) is 0 Å². The molecular weight excluding hydrogens is 227 g/mol. The molecule has 0 saturated carbocycles. The van der Waals surface area contributed by atoms with E-state index < -0.39 is 0 Å². The molecule has 1 aromatic heterocycles. The van der Waals surface area contributed by atoms with E-state index in [0.29, 0.717) is 5.88 Å². The van der Waals surface area contributed by atoms with Crippen LogP contribution in [0.2, 0.25) is 0 Å². The van der Waals surface area contributed by atoms with Crippen molar-refractivity contribution < 1.29 is 0 Å². The highest BCUT2D eigenvalue weighted by atomic mass is 79.9. The van der Waals surface area contributed by atoms with Gasteiger partial charge in [0.25, 0.3) is 0 Å². The molecule has 0 aliphatic heterocycles. The van der Waals surface area contributed by atoms with Gasteiger partial charge >= 0.3 is 0 Å². The lowest BCUT2D eigenvalue weighted by molar-refractivity contribution is 1.16. The van der Waals surface area contributed by atoms with Gasteiger partial charge in [-0.3, -0.25) is 0 Å². The van der Waals surface area contributed by atoms with Crippen molar-refractivity contribution in [1.82, 2.24) is 4.98 Å². The van der Waals surface area contributed by atoms with Crippen LogP contribution in [0, 0.1) is 0 Å². The van der Waals surface area contributed by atoms with Gasteiger partial charge in [0.05, 0.1) is 0 Å². The molecule has 0 fully saturated rings. The maximum Gasteiger partial charge on any atom is 0.125 e. The van der Waals surface area contributed by atoms with E-state index in [1.54, 1.807) is 6.20 Å². The second-order valence-electron chi connectivity index (χ2n) is 1.98. The summed E-state index contributed by atoms with van der Waals surface area (Å²) < 4.78 is 0.980. The fraction of sp³-hybridized carbons (Fsp3) is 0.286. The van der Waals surface area contributed by atoms with E-state index in [9.17, 15) is 0 Å². The van der Waals surface area contributed by atoms with Crippen LogP contribution >= 0.6 is 27.5 Å². The van der Waals surface area contributed by atoms with E-state index in [0.717, 1.165) is 16.8 Å². The summed E-state index contributed by atoms with van der Waals surface area (Å²) in [6.07, 6.45) is 1.75. The molecule has 0 aromatic carbocycles. The normalized spacial score (nSPS) is 9.64. The third-order valence-corrected chi connectivity index (χ3v) is 1.79. The number of rotatable bonds is 3. The quantitative estimate of drug-likeness (QED) is 0.814. The molecule has 0 aliphatic carbocycles. The number of aromatic nitrogens is 1. The number of anilines is 1. The largest absolute Gasteiger partial charge is 0.369 e. The van der Waals surface area contributed by atoms with Gasteiger partial charge in [-0.1, -0.05) is 0 Å². The summed E-state index contributed by atoms with van der Waals surface area (Å²) in [4.78, 5) is 4.10. The summed E-state index contributed by atoms with van der Waals surface area (Å²) in [6.45, 7) is 0.746. The Morgan fingerprint density at radius 1 is 1.55 bits per heavy atom. The van der Waals surface area contributed by atoms with Crippen LogP contribution in [0.25, 0.3) is 0 Å². The average molecular weight is 236 g/mol. The number of hydrogen-bond donors (Lipinski definition) is 1. The molecular formula is C7H8BrClN2. The van der Waals surface area contributed by atoms with Crippen LogP contribution < -0.4 is 5.32 Å². The Bertz CT molecular complexity index is 212. The highest BCUT2D eigenvalue weighted by Crippen LogP contribution is 2.09. The van der Waals surface area contributed by atoms with Crippen LogP contribution in [0.3, 0.4) is 0 Å². The molecule has 1 N–H and O–H groups in total.